The minimum absolute atomic E-state index is 0.00859. The van der Waals surface area contributed by atoms with Crippen LogP contribution in [0.4, 0.5) is 5.69 Å². The van der Waals surface area contributed by atoms with Crippen molar-refractivity contribution in [1.29, 1.82) is 0 Å². The smallest absolute Gasteiger partial charge is 0.260 e. The third kappa shape index (κ3) is 2.76. The van der Waals surface area contributed by atoms with Crippen LogP contribution in [0.3, 0.4) is 0 Å². The average Bonchev–Trinajstić information content (AvgIpc) is 2.85. The number of thiocarbonyl (C=S) groups is 1. The van der Waals surface area contributed by atoms with Gasteiger partial charge in [-0.1, -0.05) is 18.3 Å². The Labute approximate surface area is 125 Å². The van der Waals surface area contributed by atoms with Crippen molar-refractivity contribution in [1.82, 2.24) is 0 Å². The van der Waals surface area contributed by atoms with Gasteiger partial charge in [0.2, 0.25) is 5.22 Å². The van der Waals surface area contributed by atoms with Crippen LogP contribution in [0.25, 0.3) is 0 Å². The lowest BCUT2D eigenvalue weighted by Gasteiger charge is -2.13. The summed E-state index contributed by atoms with van der Waals surface area (Å²) >= 11 is 10.7. The van der Waals surface area contributed by atoms with E-state index in [9.17, 15) is 4.79 Å². The number of halogens is 1. The number of carbonyl (C=O) groups is 1. The van der Waals surface area contributed by atoms with E-state index in [4.69, 9.17) is 38.7 Å². The van der Waals surface area contributed by atoms with Crippen LogP contribution >= 0.6 is 23.8 Å². The zero-order chi connectivity index (χ0) is 14.7. The summed E-state index contributed by atoms with van der Waals surface area (Å²) in [6, 6.07) is 6.58. The first-order valence-corrected chi connectivity index (χ1v) is 6.34. The van der Waals surface area contributed by atoms with E-state index in [2.05, 4.69) is 5.32 Å². The van der Waals surface area contributed by atoms with Crippen LogP contribution in [-0.2, 0) is 0 Å². The molecule has 0 spiro atoms. The number of methoxy groups -OCH3 is 1. The van der Waals surface area contributed by atoms with Crippen LogP contribution < -0.4 is 15.8 Å². The SMILES string of the molecule is COc1cccc(C(N)=S)c1NC(=O)c1ccoc1Cl. The zero-order valence-electron chi connectivity index (χ0n) is 10.5. The van der Waals surface area contributed by atoms with Gasteiger partial charge in [0, 0.05) is 5.56 Å². The summed E-state index contributed by atoms with van der Waals surface area (Å²) in [5.41, 5.74) is 6.76. The Bertz CT molecular complexity index is 669. The molecule has 1 amide bonds. The maximum atomic E-state index is 12.1. The summed E-state index contributed by atoms with van der Waals surface area (Å²) < 4.78 is 10.1. The fourth-order valence-electron chi connectivity index (χ4n) is 1.67. The predicted octanol–water partition coefficient (Wildman–Crippen LogP) is 2.83. The number of ether oxygens (including phenoxy) is 1. The van der Waals surface area contributed by atoms with E-state index >= 15 is 0 Å². The molecule has 7 heteroatoms. The molecule has 1 aromatic heterocycles. The Kier molecular flexibility index (Phi) is 4.26. The maximum absolute atomic E-state index is 12.1. The number of rotatable bonds is 4. The van der Waals surface area contributed by atoms with Gasteiger partial charge in [0.25, 0.3) is 5.91 Å². The number of para-hydroxylation sites is 1. The van der Waals surface area contributed by atoms with Gasteiger partial charge in [-0.25, -0.2) is 0 Å². The standard InChI is InChI=1S/C13H11ClN2O3S/c1-18-9-4-2-3-7(12(15)20)10(9)16-13(17)8-5-6-19-11(8)14/h2-6H,1H3,(H2,15,20)(H,16,17). The van der Waals surface area contributed by atoms with Crippen molar-refractivity contribution in [3.63, 3.8) is 0 Å². The molecule has 5 nitrogen and oxygen atoms in total. The topological polar surface area (TPSA) is 77.5 Å². The van der Waals surface area contributed by atoms with E-state index in [1.165, 1.54) is 19.4 Å². The molecule has 1 heterocycles. The van der Waals surface area contributed by atoms with Gasteiger partial charge >= 0.3 is 0 Å². The summed E-state index contributed by atoms with van der Waals surface area (Å²) in [7, 11) is 1.49. The van der Waals surface area contributed by atoms with Crippen LogP contribution in [0.1, 0.15) is 15.9 Å². The van der Waals surface area contributed by atoms with Crippen molar-refractivity contribution >= 4 is 40.4 Å². The van der Waals surface area contributed by atoms with Crippen LogP contribution in [-0.4, -0.2) is 18.0 Å². The second kappa shape index (κ2) is 5.94. The first-order chi connectivity index (χ1) is 9.54. The molecule has 104 valence electrons. The van der Waals surface area contributed by atoms with Gasteiger partial charge in [0.1, 0.15) is 10.7 Å². The number of hydrogen-bond donors (Lipinski definition) is 2. The Balaban J connectivity index is 2.40. The summed E-state index contributed by atoms with van der Waals surface area (Å²) in [5.74, 6) is 0.00835. The third-order valence-corrected chi connectivity index (χ3v) is 3.13. The van der Waals surface area contributed by atoms with Gasteiger partial charge in [-0.15, -0.1) is 0 Å². The van der Waals surface area contributed by atoms with E-state index in [0.717, 1.165) is 0 Å². The van der Waals surface area contributed by atoms with Crippen molar-refractivity contribution in [2.45, 2.75) is 0 Å². The number of nitrogens with one attached hydrogen (secondary N) is 1. The van der Waals surface area contributed by atoms with Crippen LogP contribution in [0.15, 0.2) is 34.9 Å². The maximum Gasteiger partial charge on any atom is 0.260 e. The molecular formula is C13H11ClN2O3S. The van der Waals surface area contributed by atoms with Crippen molar-refractivity contribution in [3.05, 3.63) is 46.9 Å². The van der Waals surface area contributed by atoms with Gasteiger partial charge < -0.3 is 20.2 Å². The number of anilines is 1. The number of carbonyl (C=O) groups excluding carboxylic acids is 1. The highest BCUT2D eigenvalue weighted by Crippen LogP contribution is 2.29. The molecule has 0 saturated heterocycles. The largest absolute Gasteiger partial charge is 0.495 e. The molecule has 0 saturated carbocycles. The Morgan fingerprint density at radius 1 is 1.40 bits per heavy atom. The highest BCUT2D eigenvalue weighted by atomic mass is 35.5. The van der Waals surface area contributed by atoms with Gasteiger partial charge in [-0.3, -0.25) is 4.79 Å². The van der Waals surface area contributed by atoms with Crippen LogP contribution in [0.5, 0.6) is 5.75 Å². The monoisotopic (exact) mass is 310 g/mol. The third-order valence-electron chi connectivity index (χ3n) is 2.61. The molecule has 20 heavy (non-hydrogen) atoms. The highest BCUT2D eigenvalue weighted by molar-refractivity contribution is 7.80. The molecule has 2 rings (SSSR count). The van der Waals surface area contributed by atoms with E-state index < -0.39 is 5.91 Å². The molecule has 0 aliphatic heterocycles. The normalized spacial score (nSPS) is 10.1. The Morgan fingerprint density at radius 2 is 2.15 bits per heavy atom. The number of benzene rings is 1. The molecular weight excluding hydrogens is 300 g/mol. The lowest BCUT2D eigenvalue weighted by atomic mass is 10.1. The van der Waals surface area contributed by atoms with E-state index in [-0.39, 0.29) is 15.8 Å². The van der Waals surface area contributed by atoms with E-state index in [1.54, 1.807) is 18.2 Å². The summed E-state index contributed by atoms with van der Waals surface area (Å²) in [6.07, 6.45) is 1.33. The summed E-state index contributed by atoms with van der Waals surface area (Å²) in [6.45, 7) is 0. The van der Waals surface area contributed by atoms with E-state index in [0.29, 0.717) is 17.0 Å². The van der Waals surface area contributed by atoms with Crippen LogP contribution in [0.2, 0.25) is 5.22 Å². The number of amides is 1. The summed E-state index contributed by atoms with van der Waals surface area (Å²) in [4.78, 5) is 12.3. The first-order valence-electron chi connectivity index (χ1n) is 5.55. The minimum Gasteiger partial charge on any atom is -0.495 e. The number of furan rings is 1. The van der Waals surface area contributed by atoms with Crippen molar-refractivity contribution in [3.8, 4) is 5.75 Å². The second-order valence-corrected chi connectivity index (χ2v) is 4.59. The quantitative estimate of drug-likeness (QED) is 0.849. The Hall–Kier alpha value is -2.05. The van der Waals surface area contributed by atoms with Gasteiger partial charge in [0.05, 0.1) is 24.6 Å². The molecule has 1 aromatic carbocycles. The molecule has 2 aromatic rings. The van der Waals surface area contributed by atoms with Crippen molar-refractivity contribution < 1.29 is 13.9 Å². The molecule has 3 N–H and O–H groups in total. The predicted molar refractivity (Wildman–Crippen MR) is 80.6 cm³/mol. The molecule has 0 fully saturated rings. The Morgan fingerprint density at radius 3 is 2.70 bits per heavy atom. The second-order valence-electron chi connectivity index (χ2n) is 3.81. The number of nitrogens with two attached hydrogens (primary N) is 1. The highest BCUT2D eigenvalue weighted by Gasteiger charge is 2.18. The lowest BCUT2D eigenvalue weighted by Crippen LogP contribution is -2.18. The zero-order valence-corrected chi connectivity index (χ0v) is 12.0. The van der Waals surface area contributed by atoms with Crippen molar-refractivity contribution in [2.75, 3.05) is 12.4 Å². The number of hydrogen-bond acceptors (Lipinski definition) is 4. The lowest BCUT2D eigenvalue weighted by molar-refractivity contribution is 0.102. The molecule has 0 bridgehead atoms. The van der Waals surface area contributed by atoms with Gasteiger partial charge in [-0.05, 0) is 29.8 Å². The average molecular weight is 311 g/mol. The van der Waals surface area contributed by atoms with Crippen LogP contribution in [0, 0.1) is 0 Å². The van der Waals surface area contributed by atoms with E-state index in [1.807, 2.05) is 0 Å². The van der Waals surface area contributed by atoms with Gasteiger partial charge in [0.15, 0.2) is 0 Å². The molecule has 0 radical (unpaired) electrons. The molecule has 0 aliphatic rings. The van der Waals surface area contributed by atoms with Crippen molar-refractivity contribution in [2.24, 2.45) is 5.73 Å². The fourth-order valence-corrected chi connectivity index (χ4v) is 2.04. The summed E-state index contributed by atoms with van der Waals surface area (Å²) in [5, 5.41) is 2.69. The minimum atomic E-state index is -0.439. The first kappa shape index (κ1) is 14.4. The van der Waals surface area contributed by atoms with Gasteiger partial charge in [-0.2, -0.15) is 0 Å². The molecule has 0 aliphatic carbocycles. The molecule has 0 atom stereocenters. The fraction of sp³-hybridized carbons (Fsp3) is 0.0769. The molecule has 0 unspecified atom stereocenters.